The van der Waals surface area contributed by atoms with Gasteiger partial charge in [-0.15, -0.1) is 0 Å². The molecule has 4 nitrogen and oxygen atoms in total. The molecule has 1 fully saturated rings. The Kier molecular flexibility index (Phi) is 4.60. The summed E-state index contributed by atoms with van der Waals surface area (Å²) in [5.41, 5.74) is 6.58. The summed E-state index contributed by atoms with van der Waals surface area (Å²) < 4.78 is 27.0. The molecule has 1 saturated carbocycles. The van der Waals surface area contributed by atoms with Crippen molar-refractivity contribution in [3.63, 3.8) is 0 Å². The highest BCUT2D eigenvalue weighted by Gasteiger charge is 2.29. The van der Waals surface area contributed by atoms with Gasteiger partial charge in [0, 0.05) is 6.04 Å². The molecule has 1 aliphatic rings. The molecule has 0 aromatic heterocycles. The van der Waals surface area contributed by atoms with Crippen LogP contribution in [0.1, 0.15) is 31.7 Å². The molecule has 0 spiro atoms. The van der Waals surface area contributed by atoms with Crippen molar-refractivity contribution in [2.24, 2.45) is 11.7 Å². The first-order valence-corrected chi connectivity index (χ1v) is 8.31. The zero-order valence-corrected chi connectivity index (χ0v) is 12.1. The third-order valence-electron chi connectivity index (χ3n) is 3.60. The van der Waals surface area contributed by atoms with Crippen LogP contribution >= 0.6 is 0 Å². The van der Waals surface area contributed by atoms with Gasteiger partial charge in [0.2, 0.25) is 10.0 Å². The monoisotopic (exact) mass is 282 g/mol. The largest absolute Gasteiger partial charge is 0.330 e. The van der Waals surface area contributed by atoms with Crippen molar-refractivity contribution in [1.29, 1.82) is 0 Å². The van der Waals surface area contributed by atoms with Gasteiger partial charge in [-0.25, -0.2) is 13.1 Å². The smallest absolute Gasteiger partial charge is 0.240 e. The van der Waals surface area contributed by atoms with Gasteiger partial charge in [0.15, 0.2) is 0 Å². The lowest BCUT2D eigenvalue weighted by Gasteiger charge is -2.32. The minimum Gasteiger partial charge on any atom is -0.330 e. The van der Waals surface area contributed by atoms with Crippen molar-refractivity contribution in [2.45, 2.75) is 43.5 Å². The van der Waals surface area contributed by atoms with Crippen molar-refractivity contribution in [3.8, 4) is 0 Å². The lowest BCUT2D eigenvalue weighted by molar-refractivity contribution is 0.270. The number of hydrogen-bond donors (Lipinski definition) is 2. The van der Waals surface area contributed by atoms with Crippen molar-refractivity contribution >= 4 is 10.0 Å². The van der Waals surface area contributed by atoms with Crippen LogP contribution in [0.2, 0.25) is 0 Å². The summed E-state index contributed by atoms with van der Waals surface area (Å²) in [6.07, 6.45) is 3.69. The molecule has 1 aliphatic carbocycles. The summed E-state index contributed by atoms with van der Waals surface area (Å²) >= 11 is 0. The van der Waals surface area contributed by atoms with Gasteiger partial charge in [-0.3, -0.25) is 0 Å². The highest BCUT2D eigenvalue weighted by molar-refractivity contribution is 7.89. The first kappa shape index (κ1) is 14.5. The molecule has 0 unspecified atom stereocenters. The van der Waals surface area contributed by atoms with E-state index < -0.39 is 10.0 Å². The Hall–Kier alpha value is -0.910. The van der Waals surface area contributed by atoms with E-state index in [2.05, 4.69) is 11.6 Å². The Morgan fingerprint density at radius 2 is 1.89 bits per heavy atom. The second kappa shape index (κ2) is 6.03. The molecule has 0 radical (unpaired) electrons. The molecule has 0 atom stereocenters. The minimum absolute atomic E-state index is 0.108. The topological polar surface area (TPSA) is 72.2 Å². The Balaban J connectivity index is 1.99. The third kappa shape index (κ3) is 3.78. The number of sulfonamides is 1. The molecule has 1 aromatic rings. The summed E-state index contributed by atoms with van der Waals surface area (Å²) in [5.74, 6) is 0.631. The summed E-state index contributed by atoms with van der Waals surface area (Å²) in [6.45, 7) is 2.79. The molecule has 0 aliphatic heterocycles. The van der Waals surface area contributed by atoms with E-state index in [1.54, 1.807) is 12.1 Å². The molecule has 2 rings (SSSR count). The van der Waals surface area contributed by atoms with Crippen molar-refractivity contribution in [3.05, 3.63) is 29.8 Å². The highest BCUT2D eigenvalue weighted by atomic mass is 32.2. The maximum Gasteiger partial charge on any atom is 0.240 e. The van der Waals surface area contributed by atoms with Gasteiger partial charge in [-0.2, -0.15) is 0 Å². The normalized spacial score (nSPS) is 23.1. The predicted octanol–water partition coefficient (Wildman–Crippen LogP) is 1.65. The molecular formula is C14H22N2O2S. The number of hydrogen-bond acceptors (Lipinski definition) is 3. The van der Waals surface area contributed by atoms with Gasteiger partial charge in [0.25, 0.3) is 0 Å². The van der Waals surface area contributed by atoms with E-state index in [1.165, 1.54) is 0 Å². The van der Waals surface area contributed by atoms with E-state index in [9.17, 15) is 8.42 Å². The predicted molar refractivity (Wildman–Crippen MR) is 76.3 cm³/mol. The van der Waals surface area contributed by atoms with E-state index in [4.69, 9.17) is 5.73 Å². The fraction of sp³-hybridized carbons (Fsp3) is 0.571. The van der Waals surface area contributed by atoms with Gasteiger partial charge in [0.1, 0.15) is 0 Å². The maximum atomic E-state index is 12.1. The second-order valence-electron chi connectivity index (χ2n) is 5.43. The Labute approximate surface area is 115 Å². The van der Waals surface area contributed by atoms with Gasteiger partial charge >= 0.3 is 0 Å². The van der Waals surface area contributed by atoms with Crippen LogP contribution in [-0.4, -0.2) is 21.0 Å². The Bertz CT molecular complexity index is 505. The average Bonchev–Trinajstić information content (AvgIpc) is 2.35. The van der Waals surface area contributed by atoms with Gasteiger partial charge < -0.3 is 5.73 Å². The number of rotatable bonds is 6. The number of nitrogens with one attached hydrogen (secondary N) is 1. The molecule has 0 bridgehead atoms. The number of aryl methyl sites for hydroxylation is 1. The van der Waals surface area contributed by atoms with Crippen LogP contribution in [0.4, 0.5) is 0 Å². The van der Waals surface area contributed by atoms with Crippen LogP contribution in [-0.2, 0) is 16.4 Å². The van der Waals surface area contributed by atoms with Crippen molar-refractivity contribution in [1.82, 2.24) is 4.72 Å². The maximum absolute atomic E-state index is 12.1. The summed E-state index contributed by atoms with van der Waals surface area (Å²) in [4.78, 5) is 0.351. The quantitative estimate of drug-likeness (QED) is 0.833. The molecule has 0 heterocycles. The fourth-order valence-electron chi connectivity index (χ4n) is 2.43. The first-order valence-electron chi connectivity index (χ1n) is 6.82. The average molecular weight is 282 g/mol. The summed E-state index contributed by atoms with van der Waals surface area (Å²) in [5, 5.41) is 0. The highest BCUT2D eigenvalue weighted by Crippen LogP contribution is 2.27. The standard InChI is InChI=1S/C14H22N2O2S/c1-11-9-13(10-11)16-19(17,18)14-6-4-12(5-7-14)3-2-8-15/h4-7,11,13,16H,2-3,8-10,15H2,1H3. The molecule has 0 amide bonds. The van der Waals surface area contributed by atoms with Crippen molar-refractivity contribution in [2.75, 3.05) is 6.54 Å². The summed E-state index contributed by atoms with van der Waals surface area (Å²) in [6, 6.07) is 7.20. The van der Waals surface area contributed by atoms with Crippen LogP contribution in [0.5, 0.6) is 0 Å². The lowest BCUT2D eigenvalue weighted by atomic mass is 9.83. The zero-order valence-electron chi connectivity index (χ0n) is 11.3. The van der Waals surface area contributed by atoms with Gasteiger partial charge in [-0.05, 0) is 55.8 Å². The van der Waals surface area contributed by atoms with E-state index in [0.29, 0.717) is 17.4 Å². The van der Waals surface area contributed by atoms with E-state index in [1.807, 2.05) is 12.1 Å². The zero-order chi connectivity index (χ0) is 13.9. The third-order valence-corrected chi connectivity index (χ3v) is 5.14. The van der Waals surface area contributed by atoms with E-state index in [0.717, 1.165) is 31.2 Å². The van der Waals surface area contributed by atoms with E-state index in [-0.39, 0.29) is 6.04 Å². The molecule has 0 saturated heterocycles. The molecule has 19 heavy (non-hydrogen) atoms. The van der Waals surface area contributed by atoms with Crippen molar-refractivity contribution < 1.29 is 8.42 Å². The molecule has 1 aromatic carbocycles. The van der Waals surface area contributed by atoms with Crippen LogP contribution in [0.25, 0.3) is 0 Å². The van der Waals surface area contributed by atoms with Gasteiger partial charge in [0.05, 0.1) is 4.90 Å². The number of nitrogens with two attached hydrogens (primary N) is 1. The molecule has 106 valence electrons. The molecule has 3 N–H and O–H groups in total. The second-order valence-corrected chi connectivity index (χ2v) is 7.14. The molecular weight excluding hydrogens is 260 g/mol. The SMILES string of the molecule is CC1CC(NS(=O)(=O)c2ccc(CCCN)cc2)C1. The fourth-order valence-corrected chi connectivity index (χ4v) is 3.69. The van der Waals surface area contributed by atoms with Crippen LogP contribution in [0.3, 0.4) is 0 Å². The Morgan fingerprint density at radius 1 is 1.26 bits per heavy atom. The lowest BCUT2D eigenvalue weighted by Crippen LogP contribution is -2.43. The van der Waals surface area contributed by atoms with Gasteiger partial charge in [-0.1, -0.05) is 19.1 Å². The van der Waals surface area contributed by atoms with Crippen LogP contribution in [0, 0.1) is 5.92 Å². The van der Waals surface area contributed by atoms with Crippen LogP contribution in [0.15, 0.2) is 29.2 Å². The number of benzene rings is 1. The first-order chi connectivity index (χ1) is 9.01. The van der Waals surface area contributed by atoms with E-state index >= 15 is 0 Å². The Morgan fingerprint density at radius 3 is 2.42 bits per heavy atom. The minimum atomic E-state index is -3.36. The summed E-state index contributed by atoms with van der Waals surface area (Å²) in [7, 11) is -3.36. The molecule has 5 heteroatoms. The van der Waals surface area contributed by atoms with Crippen LogP contribution < -0.4 is 10.5 Å².